The van der Waals surface area contributed by atoms with Crippen LogP contribution < -0.4 is 4.74 Å². The summed E-state index contributed by atoms with van der Waals surface area (Å²) in [5, 5.41) is 2.16. The van der Waals surface area contributed by atoms with Crippen LogP contribution >= 0.6 is 11.3 Å². The molecule has 0 atom stereocenters. The second-order valence-electron chi connectivity index (χ2n) is 10.4. The van der Waals surface area contributed by atoms with E-state index in [4.69, 9.17) is 4.74 Å². The van der Waals surface area contributed by atoms with Crippen molar-refractivity contribution in [1.82, 2.24) is 0 Å². The maximum Gasteiger partial charge on any atom is 0.133 e. The highest BCUT2D eigenvalue weighted by molar-refractivity contribution is 7.10. The van der Waals surface area contributed by atoms with Gasteiger partial charge in [-0.25, -0.2) is 0 Å². The maximum atomic E-state index is 6.10. The summed E-state index contributed by atoms with van der Waals surface area (Å²) in [4.78, 5) is 1.35. The number of rotatable bonds is 24. The van der Waals surface area contributed by atoms with Gasteiger partial charge in [0.05, 0.1) is 11.5 Å². The average Bonchev–Trinajstić information content (AvgIpc) is 3.32. The van der Waals surface area contributed by atoms with Crippen LogP contribution in [0.5, 0.6) is 5.75 Å². The molecule has 0 aliphatic rings. The lowest BCUT2D eigenvalue weighted by Gasteiger charge is -2.08. The van der Waals surface area contributed by atoms with E-state index in [1.165, 1.54) is 139 Å². The average molecular weight is 499 g/mol. The minimum absolute atomic E-state index is 0.859. The molecule has 0 amide bonds. The van der Waals surface area contributed by atoms with Crippen LogP contribution in [0, 0.1) is 0 Å². The molecule has 0 aliphatic heterocycles. The third-order valence-electron chi connectivity index (χ3n) is 7.17. The Morgan fingerprint density at radius 3 is 1.49 bits per heavy atom. The Hall–Kier alpha value is -1.28. The van der Waals surface area contributed by atoms with Crippen LogP contribution in [0.3, 0.4) is 0 Å². The van der Waals surface area contributed by atoms with E-state index in [2.05, 4.69) is 48.7 Å². The zero-order chi connectivity index (χ0) is 24.7. The largest absolute Gasteiger partial charge is 0.492 e. The first-order valence-corrected chi connectivity index (χ1v) is 16.0. The van der Waals surface area contributed by atoms with Crippen LogP contribution in [0.2, 0.25) is 0 Å². The van der Waals surface area contributed by atoms with Crippen LogP contribution in [-0.4, -0.2) is 6.61 Å². The quantitative estimate of drug-likeness (QED) is 0.131. The van der Waals surface area contributed by atoms with Gasteiger partial charge in [0.2, 0.25) is 0 Å². The van der Waals surface area contributed by atoms with Gasteiger partial charge in [0, 0.05) is 6.42 Å². The summed E-state index contributed by atoms with van der Waals surface area (Å²) in [7, 11) is 0. The summed E-state index contributed by atoms with van der Waals surface area (Å²) in [6, 6.07) is 12.8. The zero-order valence-corrected chi connectivity index (χ0v) is 23.7. The molecule has 2 aromatic rings. The van der Waals surface area contributed by atoms with Crippen molar-refractivity contribution < 1.29 is 4.74 Å². The molecule has 0 N–H and O–H groups in total. The molecule has 0 spiro atoms. The van der Waals surface area contributed by atoms with Crippen molar-refractivity contribution >= 4 is 11.3 Å². The van der Waals surface area contributed by atoms with E-state index in [9.17, 15) is 0 Å². The number of hydrogen-bond acceptors (Lipinski definition) is 2. The summed E-state index contributed by atoms with van der Waals surface area (Å²) in [6.45, 7) is 3.16. The van der Waals surface area contributed by atoms with Gasteiger partial charge in [-0.3, -0.25) is 0 Å². The van der Waals surface area contributed by atoms with E-state index in [0.717, 1.165) is 18.8 Å². The van der Waals surface area contributed by atoms with Crippen molar-refractivity contribution in [2.75, 3.05) is 6.61 Å². The first-order valence-electron chi connectivity index (χ1n) is 15.1. The van der Waals surface area contributed by atoms with Crippen LogP contribution in [0.1, 0.15) is 146 Å². The van der Waals surface area contributed by atoms with Crippen molar-refractivity contribution in [3.8, 4) is 5.75 Å². The molecule has 2 heteroatoms. The number of hydrogen-bond donors (Lipinski definition) is 0. The topological polar surface area (TPSA) is 9.23 Å². The van der Waals surface area contributed by atoms with E-state index in [-0.39, 0.29) is 0 Å². The SMILES string of the molecule is CCCCCCCCCCCCCCCCCCCCCCOc1ccsc1Cc1ccccc1. The monoisotopic (exact) mass is 498 g/mol. The van der Waals surface area contributed by atoms with Crippen molar-refractivity contribution in [1.29, 1.82) is 0 Å². The fourth-order valence-electron chi connectivity index (χ4n) is 4.91. The summed E-state index contributed by atoms with van der Waals surface area (Å²) in [6.07, 6.45) is 29.5. The lowest BCUT2D eigenvalue weighted by molar-refractivity contribution is 0.303. The predicted octanol–water partition coefficient (Wildman–Crippen LogP) is 11.5. The molecule has 0 aliphatic carbocycles. The van der Waals surface area contributed by atoms with Crippen LogP contribution in [0.4, 0.5) is 0 Å². The second-order valence-corrected chi connectivity index (χ2v) is 11.4. The van der Waals surface area contributed by atoms with Gasteiger partial charge in [-0.15, -0.1) is 11.3 Å². The van der Waals surface area contributed by atoms with Gasteiger partial charge < -0.3 is 4.74 Å². The Labute approximate surface area is 222 Å². The Bertz CT molecular complexity index is 692. The van der Waals surface area contributed by atoms with E-state index in [1.807, 2.05) is 11.3 Å². The molecule has 1 heterocycles. The number of benzene rings is 1. The van der Waals surface area contributed by atoms with Gasteiger partial charge >= 0.3 is 0 Å². The molecule has 1 aromatic heterocycles. The molecular formula is C33H54OS. The summed E-state index contributed by atoms with van der Waals surface area (Å²) in [5.41, 5.74) is 1.36. The maximum absolute atomic E-state index is 6.10. The fraction of sp³-hybridized carbons (Fsp3) is 0.697. The first-order chi connectivity index (χ1) is 17.4. The van der Waals surface area contributed by atoms with Crippen LogP contribution in [-0.2, 0) is 6.42 Å². The molecule has 0 bridgehead atoms. The van der Waals surface area contributed by atoms with E-state index in [0.29, 0.717) is 0 Å². The van der Waals surface area contributed by atoms with Crippen molar-refractivity contribution in [3.63, 3.8) is 0 Å². The first kappa shape index (κ1) is 29.9. The highest BCUT2D eigenvalue weighted by Gasteiger charge is 2.06. The van der Waals surface area contributed by atoms with Gasteiger partial charge in [-0.1, -0.05) is 159 Å². The summed E-state index contributed by atoms with van der Waals surface area (Å²) < 4.78 is 6.10. The van der Waals surface area contributed by atoms with E-state index < -0.39 is 0 Å². The van der Waals surface area contributed by atoms with Crippen molar-refractivity contribution in [3.05, 3.63) is 52.2 Å². The van der Waals surface area contributed by atoms with Gasteiger partial charge in [-0.2, -0.15) is 0 Å². The highest BCUT2D eigenvalue weighted by atomic mass is 32.1. The van der Waals surface area contributed by atoms with Gasteiger partial charge in [0.25, 0.3) is 0 Å². The molecule has 0 unspecified atom stereocenters. The molecule has 0 fully saturated rings. The Morgan fingerprint density at radius 2 is 1.00 bits per heavy atom. The zero-order valence-electron chi connectivity index (χ0n) is 22.9. The van der Waals surface area contributed by atoms with Gasteiger partial charge in [-0.05, 0) is 23.4 Å². The molecule has 0 radical (unpaired) electrons. The number of thiophene rings is 1. The normalized spacial score (nSPS) is 11.2. The third-order valence-corrected chi connectivity index (χ3v) is 8.07. The minimum Gasteiger partial charge on any atom is -0.492 e. The molecular weight excluding hydrogens is 444 g/mol. The fourth-order valence-corrected chi connectivity index (χ4v) is 5.76. The Morgan fingerprint density at radius 1 is 0.543 bits per heavy atom. The van der Waals surface area contributed by atoms with Crippen LogP contribution in [0.15, 0.2) is 41.8 Å². The summed E-state index contributed by atoms with van der Waals surface area (Å²) >= 11 is 1.81. The molecule has 1 aromatic carbocycles. The number of ether oxygens (including phenoxy) is 1. The number of unbranched alkanes of at least 4 members (excludes halogenated alkanes) is 19. The minimum atomic E-state index is 0.859. The molecule has 2 rings (SSSR count). The Kier molecular flexibility index (Phi) is 18.8. The summed E-state index contributed by atoms with van der Waals surface area (Å²) in [5.74, 6) is 1.09. The van der Waals surface area contributed by atoms with Crippen LogP contribution in [0.25, 0.3) is 0 Å². The molecule has 0 saturated carbocycles. The van der Waals surface area contributed by atoms with Gasteiger partial charge in [0.1, 0.15) is 5.75 Å². The van der Waals surface area contributed by atoms with Gasteiger partial charge in [0.15, 0.2) is 0 Å². The molecule has 35 heavy (non-hydrogen) atoms. The third kappa shape index (κ3) is 16.2. The molecule has 198 valence electrons. The standard InChI is InChI=1S/C33H54OS/c1-2-3-4-5-6-7-8-9-10-11-12-13-14-15-16-17-18-19-20-24-28-34-32-27-29-35-33(32)30-31-25-22-21-23-26-31/h21-23,25-27,29H,2-20,24,28,30H2,1H3. The second kappa shape index (κ2) is 22.0. The Balaban J connectivity index is 1.29. The smallest absolute Gasteiger partial charge is 0.133 e. The van der Waals surface area contributed by atoms with E-state index >= 15 is 0 Å². The molecule has 0 saturated heterocycles. The highest BCUT2D eigenvalue weighted by Crippen LogP contribution is 2.28. The van der Waals surface area contributed by atoms with E-state index in [1.54, 1.807) is 0 Å². The molecule has 1 nitrogen and oxygen atoms in total. The lowest BCUT2D eigenvalue weighted by atomic mass is 10.0. The predicted molar refractivity (Wildman–Crippen MR) is 157 cm³/mol. The van der Waals surface area contributed by atoms with Crippen molar-refractivity contribution in [2.45, 2.75) is 142 Å². The van der Waals surface area contributed by atoms with Crippen molar-refractivity contribution in [2.24, 2.45) is 0 Å². The lowest BCUT2D eigenvalue weighted by Crippen LogP contribution is -1.98.